The smallest absolute Gasteiger partial charge is 0.289 e. The van der Waals surface area contributed by atoms with Gasteiger partial charge < -0.3 is 0 Å². The molecule has 0 aromatic heterocycles. The first kappa shape index (κ1) is 11.1. The van der Waals surface area contributed by atoms with E-state index < -0.39 is 9.85 Å². The van der Waals surface area contributed by atoms with Crippen LogP contribution in [0.2, 0.25) is 0 Å². The van der Waals surface area contributed by atoms with Gasteiger partial charge in [0.1, 0.15) is 0 Å². The molecule has 0 unspecified atom stereocenters. The van der Waals surface area contributed by atoms with Gasteiger partial charge in [0.15, 0.2) is 0 Å². The van der Waals surface area contributed by atoms with E-state index >= 15 is 0 Å². The summed E-state index contributed by atoms with van der Waals surface area (Å²) in [6, 6.07) is 0. The summed E-state index contributed by atoms with van der Waals surface area (Å²) in [5.74, 6) is 0. The Balaban J connectivity index is 0. The van der Waals surface area contributed by atoms with Crippen molar-refractivity contribution in [1.29, 1.82) is 0 Å². The zero-order chi connectivity index (χ0) is 5.86. The fraction of sp³-hybridized carbons (Fsp3) is 0. The molecule has 0 aromatic carbocycles. The summed E-state index contributed by atoms with van der Waals surface area (Å²) in [5.41, 5.74) is 0. The van der Waals surface area contributed by atoms with Gasteiger partial charge in [-0.2, -0.15) is 0 Å². The zero-order valence-electron chi connectivity index (χ0n) is 4.10. The molecule has 0 fully saturated rings. The van der Waals surface area contributed by atoms with E-state index in [9.17, 15) is 0 Å². The fourth-order valence-electron chi connectivity index (χ4n) is 0.0770. The van der Waals surface area contributed by atoms with E-state index in [1.807, 2.05) is 0 Å². The summed E-state index contributed by atoms with van der Waals surface area (Å²) in [6.45, 7) is -0.222. The van der Waals surface area contributed by atoms with E-state index in [2.05, 4.69) is 0 Å². The van der Waals surface area contributed by atoms with Gasteiger partial charge in [0.2, 0.25) is 0 Å². The quantitative estimate of drug-likeness (QED) is 0.175. The number of rotatable bonds is 2. The molecule has 0 N–H and O–H groups in total. The Bertz CT molecular complexity index is 90.2. The molecule has 0 atom stereocenters. The molecule has 0 aliphatic rings. The van der Waals surface area contributed by atoms with Crippen molar-refractivity contribution < 1.29 is 61.2 Å². The van der Waals surface area contributed by atoms with Crippen LogP contribution in [0.4, 0.5) is 0 Å². The molecule has 0 rings (SSSR count). The molecule has 40 valence electrons. The summed E-state index contributed by atoms with van der Waals surface area (Å²) in [4.78, 5) is 16.0. The molecule has 0 spiro atoms. The van der Waals surface area contributed by atoms with Crippen LogP contribution in [-0.4, -0.2) is 9.85 Å². The van der Waals surface area contributed by atoms with Crippen molar-refractivity contribution in [3.8, 4) is 0 Å². The Kier molecular flexibility index (Phi) is 7.59. The van der Waals surface area contributed by atoms with Gasteiger partial charge in [-0.25, -0.2) is 0 Å². The van der Waals surface area contributed by atoms with Gasteiger partial charge in [-0.05, 0) is 9.85 Å². The van der Waals surface area contributed by atoms with Gasteiger partial charge >= 0.3 is 51.4 Å². The van der Waals surface area contributed by atoms with Gasteiger partial charge in [0.25, 0.3) is 6.67 Å². The molecule has 0 heterocycles. The van der Waals surface area contributed by atoms with Gasteiger partial charge in [0.05, 0.1) is 0 Å². The van der Waals surface area contributed by atoms with E-state index in [1.54, 1.807) is 0 Å². The van der Waals surface area contributed by atoms with Gasteiger partial charge in [-0.15, -0.1) is 0 Å². The zero-order valence-corrected chi connectivity index (χ0v) is 7.23. The summed E-state index contributed by atoms with van der Waals surface area (Å²) >= 11 is 0. The van der Waals surface area contributed by atoms with Crippen LogP contribution in [0.25, 0.3) is 0 Å². The summed E-state index contributed by atoms with van der Waals surface area (Å²) in [5, 5.41) is 18.2. The Morgan fingerprint density at radius 2 is 1.38 bits per heavy atom. The largest absolute Gasteiger partial charge is 1.00 e. The number of hydrogen-bond donors (Lipinski definition) is 0. The molecule has 0 aromatic rings. The van der Waals surface area contributed by atoms with Crippen LogP contribution in [-0.2, 0) is 0 Å². The first-order chi connectivity index (χ1) is 3.13. The van der Waals surface area contributed by atoms with E-state index in [0.29, 0.717) is 0 Å². The minimum atomic E-state index is -1.12. The summed E-state index contributed by atoms with van der Waals surface area (Å²) in [6.07, 6.45) is 0. The Morgan fingerprint density at radius 3 is 1.38 bits per heavy atom. The van der Waals surface area contributed by atoms with Crippen LogP contribution in [0.15, 0.2) is 0 Å². The monoisotopic (exact) mass is 144 g/mol. The predicted molar refractivity (Wildman–Crippen MR) is 18.3 cm³/mol. The number of hydrogen-bond acceptors (Lipinski definition) is 4. The molecule has 6 nitrogen and oxygen atoms in total. The third-order valence-corrected chi connectivity index (χ3v) is 0.189. The Morgan fingerprint density at radius 1 is 1.12 bits per heavy atom. The minimum Gasteiger partial charge on any atom is -0.289 e. The number of nitrogens with zero attached hydrogens (tertiary/aromatic N) is 2. The van der Waals surface area contributed by atoms with Crippen molar-refractivity contribution in [3.05, 3.63) is 26.9 Å². The molecule has 0 aliphatic heterocycles. The summed E-state index contributed by atoms with van der Waals surface area (Å²) in [7, 11) is 0. The van der Waals surface area contributed by atoms with E-state index in [0.717, 1.165) is 0 Å². The SMILES string of the molecule is O=[N+]([O-])[CH-][N+](=O)[O-].[K+]. The Hall–Kier alpha value is 0.306. The molecule has 0 saturated heterocycles. The first-order valence-corrected chi connectivity index (χ1v) is 1.25. The maximum absolute atomic E-state index is 9.12. The fourth-order valence-corrected chi connectivity index (χ4v) is 0.0770. The molecule has 0 aliphatic carbocycles. The second-order valence-electron chi connectivity index (χ2n) is 0.686. The average molecular weight is 144 g/mol. The number of nitro groups is 2. The molecule has 0 saturated carbocycles. The molecule has 7 heteroatoms. The maximum atomic E-state index is 9.12. The minimum absolute atomic E-state index is 0. The van der Waals surface area contributed by atoms with Crippen molar-refractivity contribution in [3.63, 3.8) is 0 Å². The van der Waals surface area contributed by atoms with Gasteiger partial charge in [-0.3, -0.25) is 20.2 Å². The summed E-state index contributed by atoms with van der Waals surface area (Å²) < 4.78 is 0. The van der Waals surface area contributed by atoms with Crippen LogP contribution in [0.5, 0.6) is 0 Å². The molecule has 0 amide bonds. The van der Waals surface area contributed by atoms with Crippen LogP contribution in [0, 0.1) is 26.9 Å². The molecule has 0 radical (unpaired) electrons. The molecule has 0 bridgehead atoms. The van der Waals surface area contributed by atoms with E-state index in [-0.39, 0.29) is 58.1 Å². The third-order valence-electron chi connectivity index (χ3n) is 0.189. The van der Waals surface area contributed by atoms with Crippen molar-refractivity contribution in [2.75, 3.05) is 0 Å². The average Bonchev–Trinajstić information content (AvgIpc) is 1.27. The molecular weight excluding hydrogens is 143 g/mol. The van der Waals surface area contributed by atoms with E-state index in [1.165, 1.54) is 0 Å². The maximum Gasteiger partial charge on any atom is 1.00 e. The van der Waals surface area contributed by atoms with Crippen LogP contribution < -0.4 is 51.4 Å². The Labute approximate surface area is 87.0 Å². The second kappa shape index (κ2) is 5.44. The second-order valence-corrected chi connectivity index (χ2v) is 0.686. The predicted octanol–water partition coefficient (Wildman–Crippen LogP) is -3.34. The van der Waals surface area contributed by atoms with Crippen molar-refractivity contribution >= 4 is 0 Å². The normalized spacial score (nSPS) is 6.50. The molecular formula is CHKN2O4. The third kappa shape index (κ3) is 9.58. The van der Waals surface area contributed by atoms with Gasteiger partial charge in [-0.1, -0.05) is 0 Å². The standard InChI is InChI=1S/CHN2O4.K/c4-2(5)1-3(6)7;/h1H;/q-1;+1. The van der Waals surface area contributed by atoms with Crippen molar-refractivity contribution in [2.24, 2.45) is 0 Å². The van der Waals surface area contributed by atoms with Crippen LogP contribution in [0.3, 0.4) is 0 Å². The molecule has 8 heavy (non-hydrogen) atoms. The topological polar surface area (TPSA) is 86.3 Å². The van der Waals surface area contributed by atoms with Crippen molar-refractivity contribution in [2.45, 2.75) is 0 Å². The first-order valence-electron chi connectivity index (χ1n) is 1.25. The van der Waals surface area contributed by atoms with E-state index in [4.69, 9.17) is 20.2 Å². The van der Waals surface area contributed by atoms with Gasteiger partial charge in [0, 0.05) is 0 Å². The van der Waals surface area contributed by atoms with Crippen LogP contribution >= 0.6 is 0 Å². The van der Waals surface area contributed by atoms with Crippen LogP contribution in [0.1, 0.15) is 0 Å². The van der Waals surface area contributed by atoms with Crippen molar-refractivity contribution in [1.82, 2.24) is 0 Å².